The van der Waals surface area contributed by atoms with E-state index in [1.807, 2.05) is 196 Å². The summed E-state index contributed by atoms with van der Waals surface area (Å²) in [6, 6.07) is 73.7. The van der Waals surface area contributed by atoms with E-state index in [-0.39, 0.29) is 16.7 Å². The van der Waals surface area contributed by atoms with E-state index in [1.165, 1.54) is 0 Å². The van der Waals surface area contributed by atoms with Crippen LogP contribution in [-0.4, -0.2) is 48.2 Å². The van der Waals surface area contributed by atoms with Crippen LogP contribution in [0.4, 0.5) is 0 Å². The number of ether oxygens (including phenoxy) is 6. The highest BCUT2D eigenvalue weighted by atomic mass is 16.5. The second-order valence-corrected chi connectivity index (χ2v) is 21.0. The van der Waals surface area contributed by atoms with E-state index >= 15 is 0 Å². The highest BCUT2D eigenvalue weighted by molar-refractivity contribution is 5.90. The van der Waals surface area contributed by atoms with Crippen LogP contribution in [0.2, 0.25) is 0 Å². The zero-order valence-electron chi connectivity index (χ0n) is 49.6. The highest BCUT2D eigenvalue weighted by Gasteiger charge is 2.12. The topological polar surface area (TPSA) is 206 Å². The van der Waals surface area contributed by atoms with Crippen LogP contribution in [0.15, 0.2) is 237 Å². The van der Waals surface area contributed by atoms with Crippen molar-refractivity contribution in [1.82, 2.24) is 15.0 Å². The minimum atomic E-state index is -0.974. The third-order valence-electron chi connectivity index (χ3n) is 14.3. The Labute approximate surface area is 520 Å². The molecule has 3 N–H and O–H groups in total. The molecular weight excluding hydrogens is 1130 g/mol. The lowest BCUT2D eigenvalue weighted by molar-refractivity contribution is 0.0685. The van der Waals surface area contributed by atoms with Gasteiger partial charge in [-0.15, -0.1) is 0 Å². The van der Waals surface area contributed by atoms with E-state index in [1.54, 1.807) is 61.5 Å². The van der Waals surface area contributed by atoms with Crippen LogP contribution in [0.5, 0.6) is 34.5 Å². The van der Waals surface area contributed by atoms with Crippen LogP contribution in [0.25, 0.3) is 32.7 Å². The van der Waals surface area contributed by atoms with Gasteiger partial charge in [0.05, 0.1) is 50.3 Å². The number of benzene rings is 9. The average Bonchev–Trinajstić information content (AvgIpc) is 3.75. The largest absolute Gasteiger partial charge is 0.489 e. The lowest BCUT2D eigenvalue weighted by Crippen LogP contribution is -2.02. The summed E-state index contributed by atoms with van der Waals surface area (Å²) >= 11 is 0. The first kappa shape index (κ1) is 61.5. The van der Waals surface area contributed by atoms with Crippen molar-refractivity contribution in [2.24, 2.45) is 0 Å². The standard InChI is InChI=1S/3C25H21NO4/c1-17-13-20(25(27)28)10-12-24(17)30-15-18-5-4-7-22(14-18)29-16-21-11-9-19-6-2-3-8-23(19)26-21;1-17-13-22(11-12-23(17)25(27)28)29-15-18-5-4-7-21(14-18)30-16-20-10-9-19-6-2-3-8-24(19)26-20;1-17-9-10-20(25(27)28)14-24(17)30-15-18-5-4-7-22(13-18)29-16-21-12-11-19-6-2-3-8-23(19)26-21/h3*2-14H,15-16H2,1H3,(H,27,28). The van der Waals surface area contributed by atoms with Crippen LogP contribution in [-0.2, 0) is 39.6 Å². The van der Waals surface area contributed by atoms with Crippen molar-refractivity contribution < 1.29 is 58.1 Å². The van der Waals surface area contributed by atoms with Gasteiger partial charge >= 0.3 is 17.9 Å². The SMILES string of the molecule is Cc1cc(C(=O)O)ccc1OCc1cccc(OCc2ccc3ccccc3n2)c1.Cc1cc(OCc2cccc(OCc3ccc4ccccc4n3)c2)ccc1C(=O)O.Cc1ccc(C(=O)O)cc1OCc1cccc(OCc2ccc3ccccc3n2)c1. The first-order chi connectivity index (χ1) is 43.7. The van der Waals surface area contributed by atoms with Crippen molar-refractivity contribution in [2.45, 2.75) is 60.4 Å². The second-order valence-electron chi connectivity index (χ2n) is 21.0. The normalized spacial score (nSPS) is 10.7. The number of rotatable bonds is 21. The number of carbonyl (C=O) groups is 3. The molecule has 0 fully saturated rings. The van der Waals surface area contributed by atoms with Gasteiger partial charge in [-0.05, 0) is 175 Å². The third-order valence-corrected chi connectivity index (χ3v) is 14.3. The molecule has 90 heavy (non-hydrogen) atoms. The Morgan fingerprint density at radius 3 is 1.14 bits per heavy atom. The fraction of sp³-hybridized carbons (Fsp3) is 0.120. The summed E-state index contributed by atoms with van der Waals surface area (Å²) in [5, 5.41) is 30.6. The number of nitrogens with zero attached hydrogens (tertiary/aromatic N) is 3. The van der Waals surface area contributed by atoms with E-state index in [0.29, 0.717) is 62.5 Å². The minimum absolute atomic E-state index is 0.204. The average molecular weight is 1200 g/mol. The molecule has 0 aliphatic rings. The van der Waals surface area contributed by atoms with Crippen LogP contribution >= 0.6 is 0 Å². The Morgan fingerprint density at radius 2 is 0.711 bits per heavy atom. The van der Waals surface area contributed by atoms with Gasteiger partial charge in [0.2, 0.25) is 0 Å². The third kappa shape index (κ3) is 17.1. The molecule has 0 spiro atoms. The molecule has 12 aromatic rings. The number of pyridine rings is 3. The quantitative estimate of drug-likeness (QED) is 0.0612. The molecule has 9 aromatic carbocycles. The summed E-state index contributed by atoms with van der Waals surface area (Å²) in [4.78, 5) is 47.2. The molecule has 0 saturated heterocycles. The van der Waals surface area contributed by atoms with Crippen molar-refractivity contribution >= 4 is 50.6 Å². The maximum Gasteiger partial charge on any atom is 0.335 e. The van der Waals surface area contributed by atoms with Crippen molar-refractivity contribution in [3.63, 3.8) is 0 Å². The van der Waals surface area contributed by atoms with Gasteiger partial charge in [-0.2, -0.15) is 0 Å². The number of fused-ring (bicyclic) bond motifs is 3. The molecule has 3 aromatic heterocycles. The van der Waals surface area contributed by atoms with Crippen LogP contribution in [0.3, 0.4) is 0 Å². The van der Waals surface area contributed by atoms with E-state index in [9.17, 15) is 14.4 Å². The number of hydrogen-bond acceptors (Lipinski definition) is 12. The van der Waals surface area contributed by atoms with E-state index < -0.39 is 17.9 Å². The van der Waals surface area contributed by atoms with Crippen LogP contribution < -0.4 is 28.4 Å². The molecule has 0 saturated carbocycles. The summed E-state index contributed by atoms with van der Waals surface area (Å²) in [6.45, 7) is 7.64. The molecule has 0 amide bonds. The molecule has 0 atom stereocenters. The van der Waals surface area contributed by atoms with Crippen molar-refractivity contribution in [3.05, 3.63) is 304 Å². The van der Waals surface area contributed by atoms with Gasteiger partial charge in [-0.1, -0.05) is 115 Å². The summed E-state index contributed by atoms with van der Waals surface area (Å²) in [5.74, 6) is 1.18. The molecule has 12 rings (SSSR count). The Morgan fingerprint density at radius 1 is 0.311 bits per heavy atom. The van der Waals surface area contributed by atoms with Gasteiger partial charge in [0, 0.05) is 16.2 Å². The van der Waals surface area contributed by atoms with Crippen LogP contribution in [0.1, 0.15) is 81.5 Å². The Kier molecular flexibility index (Phi) is 20.3. The monoisotopic (exact) mass is 1200 g/mol. The van der Waals surface area contributed by atoms with Gasteiger partial charge < -0.3 is 43.7 Å². The molecule has 0 bridgehead atoms. The minimum Gasteiger partial charge on any atom is -0.489 e. The summed E-state index contributed by atoms with van der Waals surface area (Å²) < 4.78 is 35.3. The molecule has 0 aliphatic heterocycles. The fourth-order valence-corrected chi connectivity index (χ4v) is 9.50. The highest BCUT2D eigenvalue weighted by Crippen LogP contribution is 2.26. The number of carboxylic acid groups (broad SMARTS) is 3. The number of aryl methyl sites for hydroxylation is 3. The predicted octanol–water partition coefficient (Wildman–Crippen LogP) is 16.2. The molecule has 450 valence electrons. The lowest BCUT2D eigenvalue weighted by atomic mass is 10.1. The van der Waals surface area contributed by atoms with Gasteiger partial charge in [0.1, 0.15) is 74.1 Å². The van der Waals surface area contributed by atoms with Crippen molar-refractivity contribution in [1.29, 1.82) is 0 Å². The number of aromatic carboxylic acids is 3. The summed E-state index contributed by atoms with van der Waals surface area (Å²) in [5.41, 5.74) is 11.3. The number of carboxylic acids is 3. The Hall–Kier alpha value is -11.6. The Balaban J connectivity index is 0.000000148. The zero-order chi connectivity index (χ0) is 62.8. The second kappa shape index (κ2) is 29.7. The molecule has 3 heterocycles. The zero-order valence-corrected chi connectivity index (χ0v) is 49.6. The first-order valence-corrected chi connectivity index (χ1v) is 28.8. The van der Waals surface area contributed by atoms with E-state index in [4.69, 9.17) is 43.7 Å². The number of para-hydroxylation sites is 3. The Bertz CT molecular complexity index is 4510. The fourth-order valence-electron chi connectivity index (χ4n) is 9.50. The lowest BCUT2D eigenvalue weighted by Gasteiger charge is -2.11. The van der Waals surface area contributed by atoms with Gasteiger partial charge in [-0.25, -0.2) is 29.3 Å². The first-order valence-electron chi connectivity index (χ1n) is 28.8. The van der Waals surface area contributed by atoms with E-state index in [0.717, 1.165) is 94.9 Å². The van der Waals surface area contributed by atoms with Crippen LogP contribution in [0, 0.1) is 20.8 Å². The number of aromatic nitrogens is 3. The molecule has 0 radical (unpaired) electrons. The van der Waals surface area contributed by atoms with Gasteiger partial charge in [0.25, 0.3) is 0 Å². The smallest absolute Gasteiger partial charge is 0.335 e. The maximum atomic E-state index is 11.2. The summed E-state index contributed by atoms with van der Waals surface area (Å²) in [7, 11) is 0. The maximum absolute atomic E-state index is 11.2. The number of hydrogen-bond donors (Lipinski definition) is 3. The molecule has 0 aliphatic carbocycles. The molecule has 15 nitrogen and oxygen atoms in total. The molecular formula is C75H63N3O12. The molecule has 0 unspecified atom stereocenters. The van der Waals surface area contributed by atoms with Gasteiger partial charge in [-0.3, -0.25) is 0 Å². The van der Waals surface area contributed by atoms with Crippen molar-refractivity contribution in [2.75, 3.05) is 0 Å². The molecule has 15 heteroatoms. The summed E-state index contributed by atoms with van der Waals surface area (Å²) in [6.07, 6.45) is 0. The van der Waals surface area contributed by atoms with Gasteiger partial charge in [0.15, 0.2) is 0 Å². The van der Waals surface area contributed by atoms with E-state index in [2.05, 4.69) is 15.0 Å². The predicted molar refractivity (Wildman–Crippen MR) is 345 cm³/mol. The van der Waals surface area contributed by atoms with Crippen molar-refractivity contribution in [3.8, 4) is 34.5 Å².